The van der Waals surface area contributed by atoms with Crippen LogP contribution in [0.2, 0.25) is 0 Å². The third kappa shape index (κ3) is 8.68. The van der Waals surface area contributed by atoms with E-state index in [9.17, 15) is 8.42 Å². The Morgan fingerprint density at radius 1 is 0.906 bits per heavy atom. The Hall–Kier alpha value is -1.69. The third-order valence-electron chi connectivity index (χ3n) is 5.32. The number of benzene rings is 2. The van der Waals surface area contributed by atoms with E-state index in [4.69, 9.17) is 0 Å². The summed E-state index contributed by atoms with van der Waals surface area (Å²) in [6.45, 7) is 4.78. The molecule has 9 heteroatoms. The first-order chi connectivity index (χ1) is 15.1. The Labute approximate surface area is 209 Å². The van der Waals surface area contributed by atoms with Crippen LogP contribution < -0.4 is 15.4 Å². The number of nitrogens with zero attached hydrogens (tertiary/aromatic N) is 2. The maximum atomic E-state index is 12.2. The van der Waals surface area contributed by atoms with Crippen molar-refractivity contribution in [1.29, 1.82) is 0 Å². The summed E-state index contributed by atoms with van der Waals surface area (Å²) in [6, 6.07) is 17.0. The topological polar surface area (TPSA) is 85.8 Å². The summed E-state index contributed by atoms with van der Waals surface area (Å²) in [5.41, 5.74) is 2.52. The molecule has 0 aliphatic carbocycles. The number of rotatable bonds is 9. The van der Waals surface area contributed by atoms with Gasteiger partial charge in [0.05, 0.1) is 4.90 Å². The molecule has 0 unspecified atom stereocenters. The van der Waals surface area contributed by atoms with Gasteiger partial charge in [-0.15, -0.1) is 24.0 Å². The van der Waals surface area contributed by atoms with Crippen molar-refractivity contribution < 1.29 is 8.42 Å². The van der Waals surface area contributed by atoms with Crippen LogP contribution in [0.25, 0.3) is 0 Å². The largest absolute Gasteiger partial charge is 0.355 e. The van der Waals surface area contributed by atoms with E-state index in [-0.39, 0.29) is 35.4 Å². The molecule has 1 saturated heterocycles. The molecule has 176 valence electrons. The van der Waals surface area contributed by atoms with Crippen LogP contribution in [0.3, 0.4) is 0 Å². The van der Waals surface area contributed by atoms with Crippen molar-refractivity contribution in [1.82, 2.24) is 20.3 Å². The first-order valence-electron chi connectivity index (χ1n) is 10.9. The van der Waals surface area contributed by atoms with Crippen molar-refractivity contribution in [2.45, 2.75) is 37.2 Å². The molecule has 7 nitrogen and oxygen atoms in total. The Balaban J connectivity index is 0.00000363. The molecule has 1 aliphatic rings. The number of guanidine groups is 1. The standard InChI is InChI=1S/C23H33N5O2S.HI/c1-24-23(25-14-15-27-31(29,30)22-8-4-2-5-9-22)26-18-20-10-12-21(13-11-20)19-28-16-6-3-7-17-28;/h2,4-5,8-13,27H,3,6-7,14-19H2,1H3,(H2,24,25,26);1H. The first-order valence-corrected chi connectivity index (χ1v) is 12.3. The van der Waals surface area contributed by atoms with Gasteiger partial charge in [0.25, 0.3) is 0 Å². The second kappa shape index (κ2) is 13.8. The molecule has 2 aromatic rings. The van der Waals surface area contributed by atoms with E-state index < -0.39 is 10.0 Å². The van der Waals surface area contributed by atoms with Crippen LogP contribution in [0, 0.1) is 0 Å². The summed E-state index contributed by atoms with van der Waals surface area (Å²) >= 11 is 0. The number of hydrogen-bond donors (Lipinski definition) is 3. The van der Waals surface area contributed by atoms with Crippen molar-refractivity contribution in [3.63, 3.8) is 0 Å². The van der Waals surface area contributed by atoms with E-state index in [2.05, 4.69) is 49.5 Å². The number of nitrogens with one attached hydrogen (secondary N) is 3. The number of hydrogen-bond acceptors (Lipinski definition) is 4. The van der Waals surface area contributed by atoms with Crippen molar-refractivity contribution in [2.24, 2.45) is 4.99 Å². The molecule has 0 spiro atoms. The predicted octanol–water partition coefficient (Wildman–Crippen LogP) is 2.93. The van der Waals surface area contributed by atoms with E-state index in [0.29, 0.717) is 19.0 Å². The van der Waals surface area contributed by atoms with Crippen LogP contribution in [-0.2, 0) is 23.1 Å². The van der Waals surface area contributed by atoms with Gasteiger partial charge in [0.15, 0.2) is 5.96 Å². The van der Waals surface area contributed by atoms with E-state index in [1.54, 1.807) is 37.4 Å². The van der Waals surface area contributed by atoms with Crippen molar-refractivity contribution >= 4 is 40.0 Å². The zero-order valence-electron chi connectivity index (χ0n) is 18.6. The molecule has 1 fully saturated rings. The molecule has 3 N–H and O–H groups in total. The highest BCUT2D eigenvalue weighted by Crippen LogP contribution is 2.13. The Morgan fingerprint density at radius 2 is 1.56 bits per heavy atom. The minimum absolute atomic E-state index is 0. The van der Waals surface area contributed by atoms with E-state index in [1.807, 2.05) is 0 Å². The lowest BCUT2D eigenvalue weighted by Gasteiger charge is -2.26. The van der Waals surface area contributed by atoms with Gasteiger partial charge in [0.1, 0.15) is 0 Å². The predicted molar refractivity (Wildman–Crippen MR) is 141 cm³/mol. The van der Waals surface area contributed by atoms with Crippen LogP contribution in [0.5, 0.6) is 0 Å². The second-order valence-electron chi connectivity index (χ2n) is 7.72. The highest BCUT2D eigenvalue weighted by Gasteiger charge is 2.12. The third-order valence-corrected chi connectivity index (χ3v) is 6.80. The van der Waals surface area contributed by atoms with Gasteiger partial charge in [-0.2, -0.15) is 0 Å². The van der Waals surface area contributed by atoms with E-state index in [0.717, 1.165) is 6.54 Å². The highest BCUT2D eigenvalue weighted by atomic mass is 127. The van der Waals surface area contributed by atoms with Crippen LogP contribution in [0.1, 0.15) is 30.4 Å². The van der Waals surface area contributed by atoms with Crippen LogP contribution in [0.4, 0.5) is 0 Å². The van der Waals surface area contributed by atoms with Gasteiger partial charge in [0, 0.05) is 33.2 Å². The molecule has 2 aromatic carbocycles. The normalized spacial score (nSPS) is 15.1. The molecule has 0 saturated carbocycles. The molecule has 0 atom stereocenters. The van der Waals surface area contributed by atoms with Gasteiger partial charge in [-0.25, -0.2) is 13.1 Å². The Bertz CT molecular complexity index is 931. The Morgan fingerprint density at radius 3 is 2.22 bits per heavy atom. The molecule has 0 bridgehead atoms. The highest BCUT2D eigenvalue weighted by molar-refractivity contribution is 14.0. The summed E-state index contributed by atoms with van der Waals surface area (Å²) in [4.78, 5) is 6.99. The van der Waals surface area contributed by atoms with Gasteiger partial charge in [-0.05, 0) is 49.2 Å². The van der Waals surface area contributed by atoms with Gasteiger partial charge >= 0.3 is 0 Å². The molecule has 1 aliphatic heterocycles. The van der Waals surface area contributed by atoms with Gasteiger partial charge in [-0.1, -0.05) is 48.9 Å². The van der Waals surface area contributed by atoms with Crippen molar-refractivity contribution in [3.8, 4) is 0 Å². The SMILES string of the molecule is CN=C(NCCNS(=O)(=O)c1ccccc1)NCc1ccc(CN2CCCCC2)cc1.I. The number of aliphatic imine (C=N–C) groups is 1. The average Bonchev–Trinajstić information content (AvgIpc) is 2.81. The monoisotopic (exact) mass is 571 g/mol. The number of likely N-dealkylation sites (tertiary alicyclic amines) is 1. The van der Waals surface area contributed by atoms with E-state index in [1.165, 1.54) is 43.5 Å². The van der Waals surface area contributed by atoms with Gasteiger partial charge in [0.2, 0.25) is 10.0 Å². The minimum Gasteiger partial charge on any atom is -0.355 e. The lowest BCUT2D eigenvalue weighted by Crippen LogP contribution is -2.41. The molecular formula is C23H34IN5O2S. The van der Waals surface area contributed by atoms with E-state index >= 15 is 0 Å². The number of sulfonamides is 1. The quantitative estimate of drug-likeness (QED) is 0.187. The molecule has 0 radical (unpaired) electrons. The maximum absolute atomic E-state index is 12.2. The molecule has 32 heavy (non-hydrogen) atoms. The molecule has 1 heterocycles. The summed E-state index contributed by atoms with van der Waals surface area (Å²) in [6.07, 6.45) is 3.97. The van der Waals surface area contributed by atoms with Crippen LogP contribution in [0.15, 0.2) is 64.5 Å². The minimum atomic E-state index is -3.49. The van der Waals surface area contributed by atoms with Gasteiger partial charge < -0.3 is 10.6 Å². The van der Waals surface area contributed by atoms with Gasteiger partial charge in [-0.3, -0.25) is 9.89 Å². The summed E-state index contributed by atoms with van der Waals surface area (Å²) < 4.78 is 27.0. The first kappa shape index (κ1) is 26.6. The zero-order chi connectivity index (χ0) is 21.9. The molecule has 3 rings (SSSR count). The van der Waals surface area contributed by atoms with Crippen molar-refractivity contribution in [3.05, 3.63) is 65.7 Å². The fourth-order valence-electron chi connectivity index (χ4n) is 3.59. The fraction of sp³-hybridized carbons (Fsp3) is 0.435. The summed E-state index contributed by atoms with van der Waals surface area (Å²) in [7, 11) is -1.79. The zero-order valence-corrected chi connectivity index (χ0v) is 21.7. The number of halogens is 1. The summed E-state index contributed by atoms with van der Waals surface area (Å²) in [5.74, 6) is 0.635. The number of piperidine rings is 1. The second-order valence-corrected chi connectivity index (χ2v) is 9.48. The molecule has 0 amide bonds. The average molecular weight is 572 g/mol. The lowest BCUT2D eigenvalue weighted by molar-refractivity contribution is 0.221. The van der Waals surface area contributed by atoms with Crippen molar-refractivity contribution in [2.75, 3.05) is 33.2 Å². The smallest absolute Gasteiger partial charge is 0.240 e. The Kier molecular flexibility index (Phi) is 11.4. The fourth-order valence-corrected chi connectivity index (χ4v) is 4.65. The molecule has 0 aromatic heterocycles. The van der Waals surface area contributed by atoms with Crippen LogP contribution in [-0.4, -0.2) is 52.5 Å². The lowest BCUT2D eigenvalue weighted by atomic mass is 10.1. The molecular weight excluding hydrogens is 537 g/mol. The maximum Gasteiger partial charge on any atom is 0.240 e. The van der Waals surface area contributed by atoms with Crippen LogP contribution >= 0.6 is 24.0 Å². The summed E-state index contributed by atoms with van der Waals surface area (Å²) in [5, 5.41) is 6.40.